The summed E-state index contributed by atoms with van der Waals surface area (Å²) in [5.41, 5.74) is -2.18. The van der Waals surface area contributed by atoms with Gasteiger partial charge in [-0.1, -0.05) is 32.0 Å². The van der Waals surface area contributed by atoms with E-state index < -0.39 is 29.1 Å². The number of alkyl halides is 3. The van der Waals surface area contributed by atoms with E-state index >= 15 is 0 Å². The molecule has 184 valence electrons. The van der Waals surface area contributed by atoms with E-state index in [0.717, 1.165) is 27.0 Å². The van der Waals surface area contributed by atoms with Gasteiger partial charge in [-0.25, -0.2) is 9.59 Å². The SMILES string of the molecule is CON(C)C(=O)Oc1c(Cc2ccccc2C(F)(F)F)sc2c1c(=O)n(C)c(=O)n2CC(C)C. The number of carbonyl (C=O) groups is 1. The molecule has 2 aromatic heterocycles. The summed E-state index contributed by atoms with van der Waals surface area (Å²) < 4.78 is 48.5. The molecule has 8 nitrogen and oxygen atoms in total. The van der Waals surface area contributed by atoms with Crippen LogP contribution in [0, 0.1) is 5.92 Å². The minimum atomic E-state index is -4.60. The molecule has 0 radical (unpaired) electrons. The summed E-state index contributed by atoms with van der Waals surface area (Å²) in [7, 11) is 3.80. The van der Waals surface area contributed by atoms with Crippen LogP contribution >= 0.6 is 11.3 Å². The Morgan fingerprint density at radius 2 is 1.85 bits per heavy atom. The molecule has 34 heavy (non-hydrogen) atoms. The second-order valence-corrected chi connectivity index (χ2v) is 9.15. The van der Waals surface area contributed by atoms with Crippen molar-refractivity contribution in [2.75, 3.05) is 14.2 Å². The van der Waals surface area contributed by atoms with Gasteiger partial charge in [0.25, 0.3) is 5.56 Å². The Morgan fingerprint density at radius 1 is 1.21 bits per heavy atom. The number of amides is 1. The maximum absolute atomic E-state index is 13.6. The van der Waals surface area contributed by atoms with Gasteiger partial charge in [-0.2, -0.15) is 18.2 Å². The van der Waals surface area contributed by atoms with E-state index in [2.05, 4.69) is 0 Å². The number of aromatic nitrogens is 2. The van der Waals surface area contributed by atoms with E-state index in [0.29, 0.717) is 0 Å². The Hall–Kier alpha value is -3.12. The zero-order chi connectivity index (χ0) is 25.4. The molecule has 0 aliphatic heterocycles. The largest absolute Gasteiger partial charge is 0.439 e. The summed E-state index contributed by atoms with van der Waals surface area (Å²) in [5, 5.41) is 0.719. The lowest BCUT2D eigenvalue weighted by atomic mass is 10.0. The molecule has 0 bridgehead atoms. The van der Waals surface area contributed by atoms with Crippen LogP contribution in [0.15, 0.2) is 33.9 Å². The fourth-order valence-corrected chi connectivity index (χ4v) is 4.69. The molecule has 0 saturated carbocycles. The average Bonchev–Trinajstić information content (AvgIpc) is 3.11. The van der Waals surface area contributed by atoms with Crippen molar-refractivity contribution >= 4 is 27.6 Å². The summed E-state index contributed by atoms with van der Waals surface area (Å²) in [6.07, 6.45) is -5.85. The van der Waals surface area contributed by atoms with Crippen LogP contribution < -0.4 is 16.0 Å². The van der Waals surface area contributed by atoms with Crippen LogP contribution in [0.4, 0.5) is 18.0 Å². The Kier molecular flexibility index (Phi) is 7.22. The number of ether oxygens (including phenoxy) is 1. The predicted molar refractivity (Wildman–Crippen MR) is 121 cm³/mol. The molecule has 0 unspecified atom stereocenters. The van der Waals surface area contributed by atoms with E-state index in [1.807, 2.05) is 13.8 Å². The van der Waals surface area contributed by atoms with Crippen molar-refractivity contribution in [1.29, 1.82) is 0 Å². The molecule has 3 rings (SSSR count). The van der Waals surface area contributed by atoms with E-state index in [-0.39, 0.29) is 45.3 Å². The van der Waals surface area contributed by atoms with Crippen molar-refractivity contribution in [2.45, 2.75) is 33.0 Å². The van der Waals surface area contributed by atoms with Crippen molar-refractivity contribution in [2.24, 2.45) is 13.0 Å². The summed E-state index contributed by atoms with van der Waals surface area (Å²) in [6.45, 7) is 4.02. The van der Waals surface area contributed by atoms with Crippen molar-refractivity contribution in [1.82, 2.24) is 14.2 Å². The normalized spacial score (nSPS) is 11.9. The Balaban J connectivity index is 2.32. The van der Waals surface area contributed by atoms with Crippen LogP contribution in [0.3, 0.4) is 0 Å². The zero-order valence-electron chi connectivity index (χ0n) is 19.2. The van der Waals surface area contributed by atoms with Crippen LogP contribution in [-0.2, 0) is 31.0 Å². The molecule has 2 heterocycles. The number of hydrogen-bond acceptors (Lipinski definition) is 6. The smallest absolute Gasteiger partial charge is 0.407 e. The monoisotopic (exact) mass is 499 g/mol. The molecular formula is C22H24F3N3O5S. The topological polar surface area (TPSA) is 82.8 Å². The third-order valence-electron chi connectivity index (χ3n) is 5.14. The predicted octanol–water partition coefficient (Wildman–Crippen LogP) is 4.02. The molecule has 12 heteroatoms. The highest BCUT2D eigenvalue weighted by molar-refractivity contribution is 7.19. The third kappa shape index (κ3) is 4.87. The lowest BCUT2D eigenvalue weighted by Crippen LogP contribution is -2.38. The van der Waals surface area contributed by atoms with Crippen molar-refractivity contribution in [3.8, 4) is 5.75 Å². The van der Waals surface area contributed by atoms with Crippen LogP contribution in [0.25, 0.3) is 10.2 Å². The van der Waals surface area contributed by atoms with Crippen LogP contribution in [0.1, 0.15) is 29.9 Å². The van der Waals surface area contributed by atoms with Gasteiger partial charge in [-0.05, 0) is 17.5 Å². The van der Waals surface area contributed by atoms with Crippen LogP contribution in [-0.4, -0.2) is 34.4 Å². The third-order valence-corrected chi connectivity index (χ3v) is 6.33. The minimum absolute atomic E-state index is 0.0283. The molecule has 1 aromatic carbocycles. The van der Waals surface area contributed by atoms with Crippen molar-refractivity contribution < 1.29 is 27.5 Å². The maximum Gasteiger partial charge on any atom is 0.439 e. The van der Waals surface area contributed by atoms with E-state index in [1.54, 1.807) is 0 Å². The van der Waals surface area contributed by atoms with E-state index in [4.69, 9.17) is 9.57 Å². The summed E-state index contributed by atoms with van der Waals surface area (Å²) in [4.78, 5) is 43.6. The zero-order valence-corrected chi connectivity index (χ0v) is 20.0. The fraction of sp³-hybridized carbons (Fsp3) is 0.409. The number of benzene rings is 1. The molecule has 1 amide bonds. The molecule has 0 aliphatic rings. The number of hydroxylamine groups is 2. The quantitative estimate of drug-likeness (QED) is 0.479. The number of thiophene rings is 1. The first-order valence-electron chi connectivity index (χ1n) is 10.3. The fourth-order valence-electron chi connectivity index (χ4n) is 3.45. The molecular weight excluding hydrogens is 475 g/mol. The number of hydrogen-bond donors (Lipinski definition) is 0. The second kappa shape index (κ2) is 9.63. The van der Waals surface area contributed by atoms with Gasteiger partial charge in [-0.3, -0.25) is 18.8 Å². The number of rotatable bonds is 6. The van der Waals surface area contributed by atoms with Gasteiger partial charge in [0.2, 0.25) is 0 Å². The lowest BCUT2D eigenvalue weighted by molar-refractivity contribution is -0.138. The number of nitrogens with zero attached hydrogens (tertiary/aromatic N) is 3. The van der Waals surface area contributed by atoms with Gasteiger partial charge in [0, 0.05) is 27.1 Å². The van der Waals surface area contributed by atoms with Gasteiger partial charge in [0.15, 0.2) is 5.75 Å². The highest BCUT2D eigenvalue weighted by atomic mass is 32.1. The van der Waals surface area contributed by atoms with Crippen molar-refractivity contribution in [3.05, 3.63) is 61.1 Å². The summed E-state index contributed by atoms with van der Waals surface area (Å²) in [6, 6.07) is 5.03. The number of fused-ring (bicyclic) bond motifs is 1. The van der Waals surface area contributed by atoms with Crippen molar-refractivity contribution in [3.63, 3.8) is 0 Å². The molecule has 0 saturated heterocycles. The number of halogens is 3. The molecule has 0 aliphatic carbocycles. The highest BCUT2D eigenvalue weighted by Gasteiger charge is 2.34. The summed E-state index contributed by atoms with van der Waals surface area (Å²) >= 11 is 0.951. The van der Waals surface area contributed by atoms with Crippen LogP contribution in [0.5, 0.6) is 5.75 Å². The number of carbonyl (C=O) groups excluding carboxylic acids is 1. The molecule has 3 aromatic rings. The maximum atomic E-state index is 13.6. The van der Waals surface area contributed by atoms with Gasteiger partial charge in [-0.15, -0.1) is 11.3 Å². The van der Waals surface area contributed by atoms with Gasteiger partial charge < -0.3 is 4.74 Å². The lowest BCUT2D eigenvalue weighted by Gasteiger charge is -2.15. The van der Waals surface area contributed by atoms with Gasteiger partial charge in [0.1, 0.15) is 10.2 Å². The standard InChI is InChI=1S/C22H24F3N3O5S/c1-12(2)11-28-19-16(18(29)26(3)20(28)30)17(33-21(31)27(4)32-5)15(34-19)10-13-8-6-7-9-14(13)22(23,24)25/h6-9,12H,10-11H2,1-5H3. The molecule has 0 spiro atoms. The Morgan fingerprint density at radius 3 is 2.44 bits per heavy atom. The first-order valence-corrected chi connectivity index (χ1v) is 11.1. The highest BCUT2D eigenvalue weighted by Crippen LogP contribution is 2.40. The Labute approximate surface area is 196 Å². The first-order chi connectivity index (χ1) is 15.9. The molecule has 0 fully saturated rings. The Bertz CT molecular complexity index is 1340. The average molecular weight is 500 g/mol. The molecule has 0 N–H and O–H groups in total. The van der Waals surface area contributed by atoms with Gasteiger partial charge >= 0.3 is 18.0 Å². The second-order valence-electron chi connectivity index (χ2n) is 8.07. The minimum Gasteiger partial charge on any atom is -0.407 e. The molecule has 0 atom stereocenters. The van der Waals surface area contributed by atoms with Gasteiger partial charge in [0.05, 0.1) is 17.6 Å². The van der Waals surface area contributed by atoms with E-state index in [9.17, 15) is 27.6 Å². The van der Waals surface area contributed by atoms with E-state index in [1.165, 1.54) is 44.0 Å². The summed E-state index contributed by atoms with van der Waals surface area (Å²) in [5.74, 6) is -0.162. The first kappa shape index (κ1) is 25.5. The van der Waals surface area contributed by atoms with Crippen LogP contribution in [0.2, 0.25) is 0 Å².